The van der Waals surface area contributed by atoms with Gasteiger partial charge in [0.2, 0.25) is 0 Å². The van der Waals surface area contributed by atoms with Gasteiger partial charge in [0.15, 0.2) is 5.78 Å². The molecule has 1 aromatic carbocycles. The largest absolute Gasteiger partial charge is 0.361 e. The maximum absolute atomic E-state index is 12.5. The average molecular weight is 309 g/mol. The summed E-state index contributed by atoms with van der Waals surface area (Å²) in [5.41, 5.74) is 2.66. The van der Waals surface area contributed by atoms with Crippen molar-refractivity contribution in [3.8, 4) is 6.07 Å². The Hall–Kier alpha value is -2.94. The van der Waals surface area contributed by atoms with Crippen LogP contribution >= 0.6 is 0 Å². The molecular weight excluding hydrogens is 294 g/mol. The highest BCUT2D eigenvalue weighted by Gasteiger charge is 2.38. The van der Waals surface area contributed by atoms with E-state index >= 15 is 0 Å². The number of nitrogens with one attached hydrogen (secondary N) is 1. The zero-order chi connectivity index (χ0) is 16.6. The van der Waals surface area contributed by atoms with Crippen molar-refractivity contribution < 1.29 is 9.72 Å². The Kier molecular flexibility index (Phi) is 3.70. The molecule has 0 saturated heterocycles. The van der Waals surface area contributed by atoms with Crippen molar-refractivity contribution in [3.05, 3.63) is 62.5 Å². The molecule has 1 N–H and O–H groups in total. The van der Waals surface area contributed by atoms with Gasteiger partial charge in [0.05, 0.1) is 22.5 Å². The molecule has 0 fully saturated rings. The van der Waals surface area contributed by atoms with Gasteiger partial charge in [-0.2, -0.15) is 5.26 Å². The third-order valence-corrected chi connectivity index (χ3v) is 4.34. The third-order valence-electron chi connectivity index (χ3n) is 4.34. The van der Waals surface area contributed by atoms with Crippen LogP contribution in [0.25, 0.3) is 0 Å². The number of dihydropyridines is 1. The van der Waals surface area contributed by atoms with E-state index in [9.17, 15) is 20.2 Å². The summed E-state index contributed by atoms with van der Waals surface area (Å²) in [6.07, 6.45) is 1.88. The lowest BCUT2D eigenvalue weighted by Crippen LogP contribution is -2.31. The highest BCUT2D eigenvalue weighted by Crippen LogP contribution is 2.44. The van der Waals surface area contributed by atoms with Crippen LogP contribution in [0.2, 0.25) is 0 Å². The first-order valence-electron chi connectivity index (χ1n) is 7.42. The summed E-state index contributed by atoms with van der Waals surface area (Å²) in [5.74, 6) is -0.701. The summed E-state index contributed by atoms with van der Waals surface area (Å²) < 4.78 is 0. The number of nitro benzene ring substituents is 1. The second-order valence-corrected chi connectivity index (χ2v) is 5.69. The molecular formula is C17H15N3O3. The van der Waals surface area contributed by atoms with Gasteiger partial charge < -0.3 is 5.32 Å². The highest BCUT2D eigenvalue weighted by molar-refractivity contribution is 6.00. The molecule has 0 amide bonds. The molecule has 3 rings (SSSR count). The first-order chi connectivity index (χ1) is 11.0. The highest BCUT2D eigenvalue weighted by atomic mass is 16.6. The van der Waals surface area contributed by atoms with Crippen LogP contribution in [0.1, 0.15) is 37.7 Å². The molecule has 1 aliphatic heterocycles. The van der Waals surface area contributed by atoms with Crippen molar-refractivity contribution in [2.24, 2.45) is 0 Å². The van der Waals surface area contributed by atoms with Crippen molar-refractivity contribution in [3.63, 3.8) is 0 Å². The van der Waals surface area contributed by atoms with Gasteiger partial charge in [0.1, 0.15) is 0 Å². The minimum absolute atomic E-state index is 0.0397. The summed E-state index contributed by atoms with van der Waals surface area (Å²) in [6, 6.07) is 8.46. The quantitative estimate of drug-likeness (QED) is 0.669. The number of carbonyl (C=O) groups is 1. The molecule has 1 aliphatic carbocycles. The first-order valence-corrected chi connectivity index (χ1v) is 7.42. The van der Waals surface area contributed by atoms with Crippen molar-refractivity contribution in [1.82, 2.24) is 5.32 Å². The predicted molar refractivity (Wildman–Crippen MR) is 83.2 cm³/mol. The SMILES string of the molecule is CC1=C(C#N)[C@H](c2ccccc2[N+](=O)[O-])C2=C(CCCC2=O)N1. The number of ketones is 1. The van der Waals surface area contributed by atoms with Gasteiger partial charge in [-0.25, -0.2) is 0 Å². The number of hydrogen-bond donors (Lipinski definition) is 1. The zero-order valence-corrected chi connectivity index (χ0v) is 12.6. The Bertz CT molecular complexity index is 815. The second kappa shape index (κ2) is 5.69. The molecule has 1 atom stereocenters. The Morgan fingerprint density at radius 1 is 1.35 bits per heavy atom. The Morgan fingerprint density at radius 2 is 2.09 bits per heavy atom. The van der Waals surface area contributed by atoms with Gasteiger partial charge in [-0.15, -0.1) is 0 Å². The predicted octanol–water partition coefficient (Wildman–Crippen LogP) is 3.09. The van der Waals surface area contributed by atoms with Gasteiger partial charge in [-0.05, 0) is 19.8 Å². The summed E-state index contributed by atoms with van der Waals surface area (Å²) in [7, 11) is 0. The molecule has 23 heavy (non-hydrogen) atoms. The van der Waals surface area contributed by atoms with Crippen molar-refractivity contribution in [2.75, 3.05) is 0 Å². The van der Waals surface area contributed by atoms with E-state index in [4.69, 9.17) is 0 Å². The maximum atomic E-state index is 12.5. The number of benzene rings is 1. The maximum Gasteiger partial charge on any atom is 0.273 e. The van der Waals surface area contributed by atoms with Crippen molar-refractivity contribution in [2.45, 2.75) is 32.1 Å². The minimum atomic E-state index is -0.661. The van der Waals surface area contributed by atoms with Crippen molar-refractivity contribution >= 4 is 11.5 Å². The molecule has 116 valence electrons. The number of nitrogens with zero attached hydrogens (tertiary/aromatic N) is 2. The summed E-state index contributed by atoms with van der Waals surface area (Å²) >= 11 is 0. The fraction of sp³-hybridized carbons (Fsp3) is 0.294. The summed E-state index contributed by atoms with van der Waals surface area (Å²) in [4.78, 5) is 23.4. The topological polar surface area (TPSA) is 96.0 Å². The Labute approximate surface area is 133 Å². The number of para-hydroxylation sites is 1. The molecule has 0 aromatic heterocycles. The smallest absolute Gasteiger partial charge is 0.273 e. The number of nitriles is 1. The van der Waals surface area contributed by atoms with Crippen LogP contribution < -0.4 is 5.32 Å². The molecule has 0 unspecified atom stereocenters. The number of rotatable bonds is 2. The van der Waals surface area contributed by atoms with Crippen LogP contribution in [0.3, 0.4) is 0 Å². The first kappa shape index (κ1) is 15.0. The molecule has 0 radical (unpaired) electrons. The van der Waals surface area contributed by atoms with E-state index in [-0.39, 0.29) is 11.5 Å². The molecule has 1 aromatic rings. The number of hydrogen-bond acceptors (Lipinski definition) is 5. The summed E-state index contributed by atoms with van der Waals surface area (Å²) in [6.45, 7) is 1.77. The molecule has 6 heteroatoms. The summed E-state index contributed by atoms with van der Waals surface area (Å²) in [5, 5.41) is 24.1. The Morgan fingerprint density at radius 3 is 2.78 bits per heavy atom. The molecule has 6 nitrogen and oxygen atoms in total. The van der Waals surface area contributed by atoms with E-state index in [2.05, 4.69) is 11.4 Å². The Balaban J connectivity index is 2.26. The number of nitro groups is 1. The molecule has 0 saturated carbocycles. The van der Waals surface area contributed by atoms with Gasteiger partial charge >= 0.3 is 0 Å². The minimum Gasteiger partial charge on any atom is -0.361 e. The van der Waals surface area contributed by atoms with E-state index in [1.165, 1.54) is 6.07 Å². The van der Waals surface area contributed by atoms with Crippen LogP contribution in [-0.2, 0) is 4.79 Å². The third kappa shape index (κ3) is 2.40. The monoisotopic (exact) mass is 309 g/mol. The standard InChI is InChI=1S/C17H15N3O3/c1-10-12(9-18)16(11-5-2-3-7-14(11)20(22)23)17-13(19-10)6-4-8-15(17)21/h2-3,5,7,16,19H,4,6,8H2,1H3/t16-/m0/s1. The second-order valence-electron chi connectivity index (χ2n) is 5.69. The normalized spacial score (nSPS) is 20.7. The lowest BCUT2D eigenvalue weighted by molar-refractivity contribution is -0.385. The van der Waals surface area contributed by atoms with E-state index < -0.39 is 10.8 Å². The molecule has 1 heterocycles. The van der Waals surface area contributed by atoms with Gasteiger partial charge in [-0.1, -0.05) is 18.2 Å². The van der Waals surface area contributed by atoms with Crippen LogP contribution in [0.4, 0.5) is 5.69 Å². The average Bonchev–Trinajstić information content (AvgIpc) is 2.53. The molecule has 0 bridgehead atoms. The van der Waals surface area contributed by atoms with Gasteiger partial charge in [0.25, 0.3) is 5.69 Å². The van der Waals surface area contributed by atoms with E-state index in [1.54, 1.807) is 25.1 Å². The van der Waals surface area contributed by atoms with Crippen LogP contribution in [0, 0.1) is 21.4 Å². The fourth-order valence-corrected chi connectivity index (χ4v) is 3.34. The van der Waals surface area contributed by atoms with Crippen LogP contribution in [0.5, 0.6) is 0 Å². The lowest BCUT2D eigenvalue weighted by Gasteiger charge is -2.32. The van der Waals surface area contributed by atoms with E-state index in [0.717, 1.165) is 12.1 Å². The van der Waals surface area contributed by atoms with E-state index in [0.29, 0.717) is 35.2 Å². The zero-order valence-electron chi connectivity index (χ0n) is 12.6. The van der Waals surface area contributed by atoms with Gasteiger partial charge in [0, 0.05) is 35.0 Å². The fourth-order valence-electron chi connectivity index (χ4n) is 3.34. The van der Waals surface area contributed by atoms with Crippen LogP contribution in [0.15, 0.2) is 46.8 Å². The number of allylic oxidation sites excluding steroid dienone is 4. The lowest BCUT2D eigenvalue weighted by atomic mass is 9.75. The van der Waals surface area contributed by atoms with E-state index in [1.807, 2.05) is 0 Å². The number of carbonyl (C=O) groups excluding carboxylic acids is 1. The van der Waals surface area contributed by atoms with Crippen molar-refractivity contribution in [1.29, 1.82) is 5.26 Å². The van der Waals surface area contributed by atoms with Crippen LogP contribution in [-0.4, -0.2) is 10.7 Å². The molecule has 0 spiro atoms. The van der Waals surface area contributed by atoms with Gasteiger partial charge in [-0.3, -0.25) is 14.9 Å². The number of Topliss-reactive ketones (excluding diaryl/α,β-unsaturated/α-hetero) is 1. The molecule has 2 aliphatic rings.